The van der Waals surface area contributed by atoms with Gasteiger partial charge in [-0.25, -0.2) is 4.79 Å². The van der Waals surface area contributed by atoms with Crippen LogP contribution in [0.1, 0.15) is 77.5 Å². The van der Waals surface area contributed by atoms with Crippen LogP contribution in [-0.4, -0.2) is 59.5 Å². The van der Waals surface area contributed by atoms with Crippen molar-refractivity contribution in [2.24, 2.45) is 0 Å². The number of terminal acetylenes is 1. The number of carbonyl (C=O) groups is 3. The number of hydrogen-bond donors (Lipinski definition) is 2. The molecular weight excluding hydrogens is 462 g/mol. The molecule has 194 valence electrons. The van der Waals surface area contributed by atoms with Crippen LogP contribution >= 0.6 is 11.8 Å². The lowest BCUT2D eigenvalue weighted by atomic mass is 10.0. The van der Waals surface area contributed by atoms with Crippen molar-refractivity contribution in [1.29, 1.82) is 0 Å². The van der Waals surface area contributed by atoms with E-state index >= 15 is 0 Å². The summed E-state index contributed by atoms with van der Waals surface area (Å²) in [5.41, 5.74) is 0.665. The Hall–Kier alpha value is -2.66. The Bertz CT molecular complexity index is 859. The fourth-order valence-electron chi connectivity index (χ4n) is 3.47. The first-order valence-electron chi connectivity index (χ1n) is 12.2. The molecule has 2 atom stereocenters. The molecule has 0 aliphatic rings. The van der Waals surface area contributed by atoms with Crippen molar-refractivity contribution in [3.05, 3.63) is 35.4 Å². The smallest absolute Gasteiger partial charge is 0.408 e. The van der Waals surface area contributed by atoms with Gasteiger partial charge in [-0.1, -0.05) is 38.3 Å². The number of unbranched alkanes of at least 4 members (excludes halogenated alkanes) is 1. The summed E-state index contributed by atoms with van der Waals surface area (Å²) in [5.74, 6) is 2.67. The number of hydrogen-bond acceptors (Lipinski definition) is 5. The van der Waals surface area contributed by atoms with E-state index in [9.17, 15) is 14.4 Å². The van der Waals surface area contributed by atoms with Crippen molar-refractivity contribution in [2.45, 2.75) is 78.0 Å². The number of benzene rings is 1. The van der Waals surface area contributed by atoms with Crippen LogP contribution in [0.2, 0.25) is 0 Å². The standard InChI is InChI=1S/C27H41N3O4S/c1-8-11-17-28-24(31)23(21-14-12-20(10-3)13-15-21)30(18-9-2)25(32)22(16-19-35-7)29-26(33)34-27(4,5)6/h3,12-15,22-23H,8-9,11,16-19H2,1-2,4-7H3,(H,28,31)(H,29,33). The van der Waals surface area contributed by atoms with Crippen LogP contribution < -0.4 is 10.6 Å². The van der Waals surface area contributed by atoms with Crippen LogP contribution in [0, 0.1) is 12.3 Å². The predicted molar refractivity (Wildman–Crippen MR) is 143 cm³/mol. The molecule has 0 bridgehead atoms. The van der Waals surface area contributed by atoms with E-state index < -0.39 is 23.8 Å². The number of carbonyl (C=O) groups excluding carboxylic acids is 3. The number of thioether (sulfide) groups is 1. The second kappa shape index (κ2) is 15.4. The van der Waals surface area contributed by atoms with Gasteiger partial charge in [0.05, 0.1) is 0 Å². The van der Waals surface area contributed by atoms with Gasteiger partial charge in [-0.3, -0.25) is 9.59 Å². The number of alkyl carbamates (subject to hydrolysis) is 1. The number of nitrogens with zero attached hydrogens (tertiary/aromatic N) is 1. The van der Waals surface area contributed by atoms with E-state index in [1.807, 2.05) is 20.1 Å². The molecule has 8 heteroatoms. The van der Waals surface area contributed by atoms with Crippen molar-refractivity contribution >= 4 is 29.7 Å². The van der Waals surface area contributed by atoms with Gasteiger partial charge in [0.15, 0.2) is 0 Å². The summed E-state index contributed by atoms with van der Waals surface area (Å²) in [7, 11) is 0. The molecule has 1 aromatic rings. The van der Waals surface area contributed by atoms with Crippen molar-refractivity contribution in [3.63, 3.8) is 0 Å². The molecule has 0 radical (unpaired) electrons. The molecule has 1 aromatic carbocycles. The Morgan fingerprint density at radius 2 is 1.80 bits per heavy atom. The second-order valence-corrected chi connectivity index (χ2v) is 10.3. The summed E-state index contributed by atoms with van der Waals surface area (Å²) < 4.78 is 5.40. The van der Waals surface area contributed by atoms with Crippen LogP contribution in [-0.2, 0) is 14.3 Å². The van der Waals surface area contributed by atoms with Gasteiger partial charge >= 0.3 is 6.09 Å². The van der Waals surface area contributed by atoms with E-state index in [0.29, 0.717) is 42.8 Å². The van der Waals surface area contributed by atoms with Gasteiger partial charge in [0.25, 0.3) is 0 Å². The van der Waals surface area contributed by atoms with Crippen LogP contribution in [0.5, 0.6) is 0 Å². The molecule has 0 saturated heterocycles. The van der Waals surface area contributed by atoms with E-state index in [-0.39, 0.29) is 11.8 Å². The SMILES string of the molecule is C#Cc1ccc(C(C(=O)NCCCC)N(CCC)C(=O)C(CCSC)NC(=O)OC(C)(C)C)cc1. The first-order valence-corrected chi connectivity index (χ1v) is 13.6. The molecule has 2 unspecified atom stereocenters. The topological polar surface area (TPSA) is 87.7 Å². The Balaban J connectivity index is 3.36. The minimum atomic E-state index is -0.844. The number of amides is 3. The van der Waals surface area contributed by atoms with E-state index in [4.69, 9.17) is 11.2 Å². The van der Waals surface area contributed by atoms with Gasteiger partial charge in [-0.15, -0.1) is 6.42 Å². The highest BCUT2D eigenvalue weighted by atomic mass is 32.2. The lowest BCUT2D eigenvalue weighted by molar-refractivity contribution is -0.142. The maximum absolute atomic E-state index is 13.8. The third-order valence-corrected chi connectivity index (χ3v) is 5.77. The highest BCUT2D eigenvalue weighted by molar-refractivity contribution is 7.98. The molecule has 0 aliphatic heterocycles. The molecule has 3 amide bonds. The molecular formula is C27H41N3O4S. The molecule has 2 N–H and O–H groups in total. The summed E-state index contributed by atoms with van der Waals surface area (Å²) in [6.07, 6.45) is 9.63. The maximum Gasteiger partial charge on any atom is 0.408 e. The molecule has 0 aromatic heterocycles. The Morgan fingerprint density at radius 3 is 2.31 bits per heavy atom. The molecule has 7 nitrogen and oxygen atoms in total. The molecule has 1 rings (SSSR count). The average Bonchev–Trinajstić information content (AvgIpc) is 2.80. The summed E-state index contributed by atoms with van der Waals surface area (Å²) in [5, 5.41) is 5.71. The lowest BCUT2D eigenvalue weighted by Gasteiger charge is -2.34. The fraction of sp³-hybridized carbons (Fsp3) is 0.593. The zero-order chi connectivity index (χ0) is 26.4. The van der Waals surface area contributed by atoms with Gasteiger partial charge in [-0.05, 0) is 69.7 Å². The minimum Gasteiger partial charge on any atom is -0.444 e. The van der Waals surface area contributed by atoms with Crippen molar-refractivity contribution < 1.29 is 19.1 Å². The second-order valence-electron chi connectivity index (χ2n) is 9.33. The number of nitrogens with one attached hydrogen (secondary N) is 2. The summed E-state index contributed by atoms with van der Waals surface area (Å²) in [4.78, 5) is 41.3. The van der Waals surface area contributed by atoms with E-state index in [1.54, 1.807) is 61.7 Å². The van der Waals surface area contributed by atoms with Crippen molar-refractivity contribution in [3.8, 4) is 12.3 Å². The average molecular weight is 504 g/mol. The lowest BCUT2D eigenvalue weighted by Crippen LogP contribution is -2.53. The molecule has 0 heterocycles. The highest BCUT2D eigenvalue weighted by Gasteiger charge is 2.35. The molecule has 0 fully saturated rings. The molecule has 35 heavy (non-hydrogen) atoms. The Labute approximate surface area is 215 Å². The number of ether oxygens (including phenoxy) is 1. The summed E-state index contributed by atoms with van der Waals surface area (Å²) in [6.45, 7) is 10.2. The van der Waals surface area contributed by atoms with Gasteiger partial charge in [0.2, 0.25) is 11.8 Å². The van der Waals surface area contributed by atoms with E-state index in [0.717, 1.165) is 12.8 Å². The van der Waals surface area contributed by atoms with Crippen molar-refractivity contribution in [2.75, 3.05) is 25.1 Å². The number of rotatable bonds is 13. The molecule has 0 spiro atoms. The normalized spacial score (nSPS) is 12.7. The zero-order valence-corrected chi connectivity index (χ0v) is 22.8. The van der Waals surface area contributed by atoms with Crippen LogP contribution in [0.3, 0.4) is 0 Å². The zero-order valence-electron chi connectivity index (χ0n) is 22.0. The Kier molecular flexibility index (Phi) is 13.3. The maximum atomic E-state index is 13.8. The van der Waals surface area contributed by atoms with Gasteiger partial charge in [0.1, 0.15) is 17.7 Å². The van der Waals surface area contributed by atoms with E-state index in [2.05, 4.69) is 16.6 Å². The van der Waals surface area contributed by atoms with E-state index in [1.165, 1.54) is 0 Å². The molecule has 0 saturated carbocycles. The quantitative estimate of drug-likeness (QED) is 0.305. The highest BCUT2D eigenvalue weighted by Crippen LogP contribution is 2.24. The fourth-order valence-corrected chi connectivity index (χ4v) is 3.94. The predicted octanol–water partition coefficient (Wildman–Crippen LogP) is 4.51. The van der Waals surface area contributed by atoms with Gasteiger partial charge in [0, 0.05) is 18.7 Å². The van der Waals surface area contributed by atoms with Gasteiger partial charge in [-0.2, -0.15) is 11.8 Å². The van der Waals surface area contributed by atoms with Gasteiger partial charge < -0.3 is 20.3 Å². The summed E-state index contributed by atoms with van der Waals surface area (Å²) >= 11 is 1.58. The monoisotopic (exact) mass is 503 g/mol. The first kappa shape index (κ1) is 30.4. The van der Waals surface area contributed by atoms with Crippen molar-refractivity contribution in [1.82, 2.24) is 15.5 Å². The first-order chi connectivity index (χ1) is 16.6. The summed E-state index contributed by atoms with van der Waals surface area (Å²) in [6, 6.07) is 5.44. The van der Waals surface area contributed by atoms with Crippen LogP contribution in [0.4, 0.5) is 4.79 Å². The third-order valence-electron chi connectivity index (χ3n) is 5.13. The minimum absolute atomic E-state index is 0.255. The van der Waals surface area contributed by atoms with Crippen LogP contribution in [0.25, 0.3) is 0 Å². The van der Waals surface area contributed by atoms with Crippen LogP contribution in [0.15, 0.2) is 24.3 Å². The largest absolute Gasteiger partial charge is 0.444 e. The molecule has 0 aliphatic carbocycles. The third kappa shape index (κ3) is 10.6. The Morgan fingerprint density at radius 1 is 1.14 bits per heavy atom.